The number of ketones is 1. The Morgan fingerprint density at radius 1 is 1.50 bits per heavy atom. The van der Waals surface area contributed by atoms with E-state index in [-0.39, 0.29) is 5.78 Å². The second kappa shape index (κ2) is 6.02. The molecule has 0 radical (unpaired) electrons. The number of carbonyl (C=O) groups excluding carboxylic acids is 1. The molecule has 1 N–H and O–H groups in total. The van der Waals surface area contributed by atoms with E-state index in [2.05, 4.69) is 16.4 Å². The molecule has 1 aromatic carbocycles. The number of nitriles is 1. The van der Waals surface area contributed by atoms with Crippen LogP contribution in [0.4, 0.5) is 5.69 Å². The molecule has 0 amide bonds. The van der Waals surface area contributed by atoms with Crippen molar-refractivity contribution >= 4 is 11.5 Å². The van der Waals surface area contributed by atoms with Gasteiger partial charge in [0.15, 0.2) is 5.78 Å². The molecule has 0 unspecified atom stereocenters. The van der Waals surface area contributed by atoms with Crippen LogP contribution in [0.15, 0.2) is 30.6 Å². The van der Waals surface area contributed by atoms with Gasteiger partial charge in [0.05, 0.1) is 11.6 Å². The number of aromatic nitrogens is 2. The van der Waals surface area contributed by atoms with Gasteiger partial charge in [-0.05, 0) is 25.1 Å². The SMILES string of the molecule is CC(=O)c1ccc(C#N)cc1NCCc1nccn1C. The summed E-state index contributed by atoms with van der Waals surface area (Å²) < 4.78 is 1.96. The zero-order valence-corrected chi connectivity index (χ0v) is 11.6. The highest BCUT2D eigenvalue weighted by atomic mass is 16.1. The molecule has 102 valence electrons. The van der Waals surface area contributed by atoms with E-state index < -0.39 is 0 Å². The fourth-order valence-corrected chi connectivity index (χ4v) is 2.01. The van der Waals surface area contributed by atoms with Crippen molar-refractivity contribution in [3.05, 3.63) is 47.5 Å². The molecule has 0 atom stereocenters. The van der Waals surface area contributed by atoms with E-state index in [1.54, 1.807) is 24.4 Å². The first kappa shape index (κ1) is 13.8. The van der Waals surface area contributed by atoms with Crippen LogP contribution in [0.5, 0.6) is 0 Å². The van der Waals surface area contributed by atoms with Gasteiger partial charge >= 0.3 is 0 Å². The van der Waals surface area contributed by atoms with E-state index in [0.29, 0.717) is 23.4 Å². The number of carbonyl (C=O) groups is 1. The number of hydrogen-bond acceptors (Lipinski definition) is 4. The molecule has 0 bridgehead atoms. The number of benzene rings is 1. The highest BCUT2D eigenvalue weighted by molar-refractivity contribution is 5.99. The van der Waals surface area contributed by atoms with Gasteiger partial charge in [-0.25, -0.2) is 4.98 Å². The van der Waals surface area contributed by atoms with Gasteiger partial charge in [-0.2, -0.15) is 5.26 Å². The molecule has 1 heterocycles. The summed E-state index contributed by atoms with van der Waals surface area (Å²) in [4.78, 5) is 15.8. The van der Waals surface area contributed by atoms with Crippen LogP contribution < -0.4 is 5.32 Å². The summed E-state index contributed by atoms with van der Waals surface area (Å²) in [7, 11) is 1.94. The van der Waals surface area contributed by atoms with Crippen LogP contribution in [0.2, 0.25) is 0 Å². The molecule has 0 saturated carbocycles. The monoisotopic (exact) mass is 268 g/mol. The molecule has 5 nitrogen and oxygen atoms in total. The molecule has 2 aromatic rings. The Labute approximate surface area is 117 Å². The van der Waals surface area contributed by atoms with Crippen LogP contribution >= 0.6 is 0 Å². The van der Waals surface area contributed by atoms with Gasteiger partial charge in [0, 0.05) is 43.7 Å². The number of imidazole rings is 1. The Morgan fingerprint density at radius 3 is 2.90 bits per heavy atom. The third-order valence-electron chi connectivity index (χ3n) is 3.11. The maximum absolute atomic E-state index is 11.6. The summed E-state index contributed by atoms with van der Waals surface area (Å²) >= 11 is 0. The van der Waals surface area contributed by atoms with Crippen molar-refractivity contribution in [2.24, 2.45) is 7.05 Å². The number of rotatable bonds is 5. The quantitative estimate of drug-likeness (QED) is 0.843. The minimum atomic E-state index is -0.0195. The molecule has 1 aromatic heterocycles. The first-order valence-electron chi connectivity index (χ1n) is 6.37. The Morgan fingerprint density at radius 2 is 2.30 bits per heavy atom. The fourth-order valence-electron chi connectivity index (χ4n) is 2.01. The van der Waals surface area contributed by atoms with E-state index in [1.807, 2.05) is 17.8 Å². The molecule has 5 heteroatoms. The number of nitrogens with one attached hydrogen (secondary N) is 1. The number of anilines is 1. The number of aryl methyl sites for hydroxylation is 1. The average molecular weight is 268 g/mol. The summed E-state index contributed by atoms with van der Waals surface area (Å²) in [6.07, 6.45) is 4.40. The predicted molar refractivity (Wildman–Crippen MR) is 76.6 cm³/mol. The number of hydrogen-bond donors (Lipinski definition) is 1. The van der Waals surface area contributed by atoms with E-state index in [4.69, 9.17) is 5.26 Å². The van der Waals surface area contributed by atoms with Gasteiger partial charge < -0.3 is 9.88 Å². The second-order valence-corrected chi connectivity index (χ2v) is 4.56. The van der Waals surface area contributed by atoms with Crippen molar-refractivity contribution in [1.82, 2.24) is 9.55 Å². The van der Waals surface area contributed by atoms with Crippen LogP contribution in [0.25, 0.3) is 0 Å². The lowest BCUT2D eigenvalue weighted by molar-refractivity contribution is 0.101. The number of Topliss-reactive ketones (excluding diaryl/α,β-unsaturated/α-hetero) is 1. The largest absolute Gasteiger partial charge is 0.384 e. The first-order valence-corrected chi connectivity index (χ1v) is 6.37. The molecule has 20 heavy (non-hydrogen) atoms. The molecule has 0 fully saturated rings. The average Bonchev–Trinajstić information content (AvgIpc) is 2.84. The van der Waals surface area contributed by atoms with Crippen molar-refractivity contribution in [3.8, 4) is 6.07 Å². The zero-order chi connectivity index (χ0) is 14.5. The van der Waals surface area contributed by atoms with Gasteiger partial charge in [0.25, 0.3) is 0 Å². The fraction of sp³-hybridized carbons (Fsp3) is 0.267. The van der Waals surface area contributed by atoms with E-state index in [0.717, 1.165) is 12.2 Å². The minimum absolute atomic E-state index is 0.0195. The van der Waals surface area contributed by atoms with Crippen molar-refractivity contribution in [2.45, 2.75) is 13.3 Å². The van der Waals surface area contributed by atoms with E-state index >= 15 is 0 Å². The third-order valence-corrected chi connectivity index (χ3v) is 3.11. The summed E-state index contributed by atoms with van der Waals surface area (Å²) in [6.45, 7) is 2.17. The maximum Gasteiger partial charge on any atom is 0.161 e. The normalized spacial score (nSPS) is 10.1. The van der Waals surface area contributed by atoms with Crippen LogP contribution in [-0.4, -0.2) is 21.9 Å². The van der Waals surface area contributed by atoms with Gasteiger partial charge in [0.2, 0.25) is 0 Å². The van der Waals surface area contributed by atoms with Crippen molar-refractivity contribution < 1.29 is 4.79 Å². The summed E-state index contributed by atoms with van der Waals surface area (Å²) in [5.74, 6) is 0.951. The second-order valence-electron chi connectivity index (χ2n) is 4.56. The van der Waals surface area contributed by atoms with Crippen LogP contribution in [0.1, 0.15) is 28.7 Å². The third kappa shape index (κ3) is 3.04. The molecule has 0 aliphatic heterocycles. The van der Waals surface area contributed by atoms with Crippen molar-refractivity contribution in [1.29, 1.82) is 5.26 Å². The van der Waals surface area contributed by atoms with Gasteiger partial charge in [0.1, 0.15) is 5.82 Å². The highest BCUT2D eigenvalue weighted by Gasteiger charge is 2.08. The molecule has 0 saturated heterocycles. The van der Waals surface area contributed by atoms with Gasteiger partial charge in [-0.15, -0.1) is 0 Å². The lowest BCUT2D eigenvalue weighted by atomic mass is 10.1. The molecular formula is C15H16N4O. The Hall–Kier alpha value is -2.61. The first-order chi connectivity index (χ1) is 9.61. The van der Waals surface area contributed by atoms with Crippen LogP contribution in [0.3, 0.4) is 0 Å². The van der Waals surface area contributed by atoms with Crippen molar-refractivity contribution in [3.63, 3.8) is 0 Å². The topological polar surface area (TPSA) is 70.7 Å². The van der Waals surface area contributed by atoms with Gasteiger partial charge in [-0.3, -0.25) is 4.79 Å². The minimum Gasteiger partial charge on any atom is -0.384 e. The highest BCUT2D eigenvalue weighted by Crippen LogP contribution is 2.18. The maximum atomic E-state index is 11.6. The standard InChI is InChI=1S/C15H16N4O/c1-11(20)13-4-3-12(10-16)9-14(13)17-6-5-15-18-7-8-19(15)2/h3-4,7-9,17H,5-6H2,1-2H3. The summed E-state index contributed by atoms with van der Waals surface area (Å²) in [5.41, 5.74) is 1.84. The predicted octanol–water partition coefficient (Wildman–Crippen LogP) is 2.15. The molecule has 2 rings (SSSR count). The Bertz CT molecular complexity index is 667. The summed E-state index contributed by atoms with van der Waals surface area (Å²) in [5, 5.41) is 12.1. The van der Waals surface area contributed by atoms with Crippen LogP contribution in [0, 0.1) is 11.3 Å². The zero-order valence-electron chi connectivity index (χ0n) is 11.6. The molecule has 0 aliphatic carbocycles. The Kier molecular flexibility index (Phi) is 4.16. The van der Waals surface area contributed by atoms with Crippen molar-refractivity contribution in [2.75, 3.05) is 11.9 Å². The lowest BCUT2D eigenvalue weighted by Gasteiger charge is -2.10. The molecular weight excluding hydrogens is 252 g/mol. The Balaban J connectivity index is 2.10. The summed E-state index contributed by atoms with van der Waals surface area (Å²) in [6, 6.07) is 7.12. The lowest BCUT2D eigenvalue weighted by Crippen LogP contribution is -2.11. The van der Waals surface area contributed by atoms with Gasteiger partial charge in [-0.1, -0.05) is 0 Å². The van der Waals surface area contributed by atoms with E-state index in [9.17, 15) is 4.79 Å². The molecule has 0 aliphatic rings. The van der Waals surface area contributed by atoms with Crippen LogP contribution in [-0.2, 0) is 13.5 Å². The molecule has 0 spiro atoms. The number of nitrogens with zero attached hydrogens (tertiary/aromatic N) is 3. The van der Waals surface area contributed by atoms with E-state index in [1.165, 1.54) is 6.92 Å². The smallest absolute Gasteiger partial charge is 0.161 e.